The van der Waals surface area contributed by atoms with E-state index in [0.29, 0.717) is 36.0 Å². The molecule has 0 saturated carbocycles. The molecule has 0 aliphatic carbocycles. The minimum absolute atomic E-state index is 0.0407. The van der Waals surface area contributed by atoms with Crippen molar-refractivity contribution in [2.45, 2.75) is 38.4 Å². The summed E-state index contributed by atoms with van der Waals surface area (Å²) in [5.74, 6) is 0.748. The molecule has 0 radical (unpaired) electrons. The van der Waals surface area contributed by atoms with Crippen LogP contribution in [0.5, 0.6) is 17.2 Å². The molecule has 2 aliphatic heterocycles. The van der Waals surface area contributed by atoms with Gasteiger partial charge in [-0.1, -0.05) is 24.3 Å². The second-order valence-electron chi connectivity index (χ2n) is 10.2. The second-order valence-corrected chi connectivity index (χ2v) is 10.2. The summed E-state index contributed by atoms with van der Waals surface area (Å²) in [6.07, 6.45) is 0.0407. The smallest absolute Gasteiger partial charge is 0.304 e. The lowest BCUT2D eigenvalue weighted by Gasteiger charge is -2.25. The number of hydrogen-bond acceptors (Lipinski definition) is 7. The first-order valence-electron chi connectivity index (χ1n) is 12.8. The molecule has 0 amide bonds. The van der Waals surface area contributed by atoms with Crippen molar-refractivity contribution in [2.24, 2.45) is 0 Å². The Kier molecular flexibility index (Phi) is 7.34. The molecule has 1 N–H and O–H groups in total. The molecule has 0 aromatic heterocycles. The third kappa shape index (κ3) is 4.97. The van der Waals surface area contributed by atoms with Crippen molar-refractivity contribution in [1.82, 2.24) is 0 Å². The van der Waals surface area contributed by atoms with Gasteiger partial charge in [-0.2, -0.15) is 0 Å². The first-order chi connectivity index (χ1) is 18.8. The van der Waals surface area contributed by atoms with E-state index in [1.54, 1.807) is 14.2 Å². The van der Waals surface area contributed by atoms with E-state index in [2.05, 4.69) is 6.07 Å². The lowest BCUT2D eigenvalue weighted by Crippen LogP contribution is -2.48. The number of aliphatic carboxylic acids is 1. The molecule has 2 aliphatic rings. The molecule has 8 nitrogen and oxygen atoms in total. The Bertz CT molecular complexity index is 1420. The van der Waals surface area contributed by atoms with Gasteiger partial charge in [0.25, 0.3) is 0 Å². The van der Waals surface area contributed by atoms with Crippen molar-refractivity contribution < 1.29 is 38.4 Å². The molecular weight excluding hydrogens is 500 g/mol. The quantitative estimate of drug-likeness (QED) is 0.385. The monoisotopic (exact) mass is 532 g/mol. The largest absolute Gasteiger partial charge is 0.492 e. The number of carboxylic acids is 1. The Morgan fingerprint density at radius 2 is 1.79 bits per heavy atom. The lowest BCUT2D eigenvalue weighted by molar-refractivity contribution is -0.137. The van der Waals surface area contributed by atoms with E-state index in [-0.39, 0.29) is 31.3 Å². The average Bonchev–Trinajstić information content (AvgIpc) is 3.40. The van der Waals surface area contributed by atoms with Gasteiger partial charge in [0.1, 0.15) is 23.9 Å². The van der Waals surface area contributed by atoms with Gasteiger partial charge < -0.3 is 28.8 Å². The van der Waals surface area contributed by atoms with Gasteiger partial charge >= 0.3 is 5.97 Å². The van der Waals surface area contributed by atoms with Crippen molar-refractivity contribution in [3.63, 3.8) is 0 Å². The Balaban J connectivity index is 1.37. The topological polar surface area (TPSA) is 101 Å². The van der Waals surface area contributed by atoms with Gasteiger partial charge in [-0.15, -0.1) is 0 Å². The van der Waals surface area contributed by atoms with Crippen LogP contribution < -0.4 is 14.2 Å². The van der Waals surface area contributed by atoms with Crippen molar-refractivity contribution in [1.29, 1.82) is 0 Å². The normalized spacial score (nSPS) is 16.8. The summed E-state index contributed by atoms with van der Waals surface area (Å²) in [6.45, 7) is 4.85. The molecule has 3 aromatic carbocycles. The van der Waals surface area contributed by atoms with Crippen LogP contribution in [0.2, 0.25) is 0 Å². The second kappa shape index (κ2) is 10.7. The predicted octanol–water partition coefficient (Wildman–Crippen LogP) is 5.11. The number of benzene rings is 3. The molecule has 3 aromatic rings. The molecule has 0 fully saturated rings. The van der Waals surface area contributed by atoms with Gasteiger partial charge in [0.05, 0.1) is 31.8 Å². The van der Waals surface area contributed by atoms with E-state index in [9.17, 15) is 9.59 Å². The Hall–Kier alpha value is -3.88. The number of carboxylic acid groups (broad SMARTS) is 1. The Morgan fingerprint density at radius 1 is 1.03 bits per heavy atom. The summed E-state index contributed by atoms with van der Waals surface area (Å²) in [4.78, 5) is 24.7. The summed E-state index contributed by atoms with van der Waals surface area (Å²) in [5, 5.41) is 9.12. The minimum Gasteiger partial charge on any atom is -0.492 e. The van der Waals surface area contributed by atoms with Crippen LogP contribution in [-0.2, 0) is 20.9 Å². The highest BCUT2D eigenvalue weighted by Crippen LogP contribution is 2.43. The van der Waals surface area contributed by atoms with Gasteiger partial charge in [0, 0.05) is 31.8 Å². The molecule has 0 bridgehead atoms. The lowest BCUT2D eigenvalue weighted by atomic mass is 9.87. The Labute approximate surface area is 227 Å². The van der Waals surface area contributed by atoms with E-state index >= 15 is 0 Å². The van der Waals surface area contributed by atoms with Crippen LogP contribution in [0.15, 0.2) is 48.5 Å². The van der Waals surface area contributed by atoms with Crippen LogP contribution in [0.25, 0.3) is 11.1 Å². The van der Waals surface area contributed by atoms with Gasteiger partial charge in [0.15, 0.2) is 0 Å². The van der Waals surface area contributed by atoms with Crippen LogP contribution >= 0.6 is 0 Å². The molecule has 0 saturated heterocycles. The third-order valence-corrected chi connectivity index (χ3v) is 7.35. The highest BCUT2D eigenvalue weighted by atomic mass is 16.6. The van der Waals surface area contributed by atoms with Crippen molar-refractivity contribution in [2.75, 3.05) is 34.0 Å². The average molecular weight is 533 g/mol. The highest BCUT2D eigenvalue weighted by molar-refractivity contribution is 6.10. The maximum absolute atomic E-state index is 13.5. The summed E-state index contributed by atoms with van der Waals surface area (Å²) >= 11 is 0. The summed E-state index contributed by atoms with van der Waals surface area (Å²) < 4.78 is 28.6. The zero-order chi connectivity index (χ0) is 27.7. The van der Waals surface area contributed by atoms with E-state index in [1.807, 2.05) is 56.3 Å². The van der Waals surface area contributed by atoms with E-state index in [0.717, 1.165) is 33.4 Å². The standard InChI is InChI=1S/C31H32O8/c1-18-10-26-29(30(34)31(39-26,16-35-3)17-36-4)19(2)28(18)21-7-5-6-20(11-21)14-37-23-8-9-24-22(12-27(32)33)15-38-25(24)13-23/h5-11,13,22H,12,14-17H2,1-4H3,(H,32,33)/t22-/m1/s1. The van der Waals surface area contributed by atoms with Crippen LogP contribution in [0, 0.1) is 13.8 Å². The van der Waals surface area contributed by atoms with Crippen LogP contribution in [-0.4, -0.2) is 56.5 Å². The molecule has 204 valence electrons. The SMILES string of the molecule is COCC1(COC)Oc2cc(C)c(-c3cccc(COc4ccc5c(c4)OC[C@H]5CC(=O)O)c3)c(C)c2C1=O. The minimum atomic E-state index is -1.19. The molecule has 0 unspecified atom stereocenters. The van der Waals surface area contributed by atoms with Gasteiger partial charge in [-0.05, 0) is 59.9 Å². The van der Waals surface area contributed by atoms with Gasteiger partial charge in [-0.25, -0.2) is 0 Å². The number of methoxy groups -OCH3 is 2. The van der Waals surface area contributed by atoms with Gasteiger partial charge in [-0.3, -0.25) is 9.59 Å². The maximum atomic E-state index is 13.5. The molecule has 39 heavy (non-hydrogen) atoms. The van der Waals surface area contributed by atoms with E-state index < -0.39 is 11.6 Å². The van der Waals surface area contributed by atoms with Crippen molar-refractivity contribution >= 4 is 11.8 Å². The number of ether oxygens (including phenoxy) is 5. The number of aryl methyl sites for hydroxylation is 1. The number of rotatable bonds is 10. The van der Waals surface area contributed by atoms with Crippen molar-refractivity contribution in [3.8, 4) is 28.4 Å². The third-order valence-electron chi connectivity index (χ3n) is 7.35. The zero-order valence-electron chi connectivity index (χ0n) is 22.5. The molecule has 0 spiro atoms. The number of ketones is 1. The first-order valence-corrected chi connectivity index (χ1v) is 12.8. The Morgan fingerprint density at radius 3 is 2.51 bits per heavy atom. The number of Topliss-reactive ketones (excluding diaryl/α,β-unsaturated/α-hetero) is 1. The van der Waals surface area contributed by atoms with E-state index in [1.165, 1.54) is 0 Å². The number of hydrogen-bond donors (Lipinski definition) is 1. The molecule has 1 atom stereocenters. The van der Waals surface area contributed by atoms with Crippen LogP contribution in [0.4, 0.5) is 0 Å². The summed E-state index contributed by atoms with van der Waals surface area (Å²) in [6, 6.07) is 15.5. The zero-order valence-corrected chi connectivity index (χ0v) is 22.5. The van der Waals surface area contributed by atoms with Gasteiger partial charge in [0.2, 0.25) is 11.4 Å². The number of fused-ring (bicyclic) bond motifs is 2. The number of carbonyl (C=O) groups is 2. The van der Waals surface area contributed by atoms with Crippen molar-refractivity contribution in [3.05, 3.63) is 76.3 Å². The fourth-order valence-corrected chi connectivity index (χ4v) is 5.65. The van der Waals surface area contributed by atoms with E-state index in [4.69, 9.17) is 28.8 Å². The maximum Gasteiger partial charge on any atom is 0.304 e. The first kappa shape index (κ1) is 26.7. The summed E-state index contributed by atoms with van der Waals surface area (Å²) in [7, 11) is 3.08. The van der Waals surface area contributed by atoms with Crippen LogP contribution in [0.3, 0.4) is 0 Å². The predicted molar refractivity (Wildman–Crippen MR) is 144 cm³/mol. The molecule has 8 heteroatoms. The summed E-state index contributed by atoms with van der Waals surface area (Å²) in [5.41, 5.74) is 5.04. The van der Waals surface area contributed by atoms with Crippen LogP contribution in [0.1, 0.15) is 45.0 Å². The number of carbonyl (C=O) groups excluding carboxylic acids is 1. The molecular formula is C31H32O8. The fraction of sp³-hybridized carbons (Fsp3) is 0.355. The molecule has 5 rings (SSSR count). The molecule has 2 heterocycles. The highest BCUT2D eigenvalue weighted by Gasteiger charge is 2.49. The fourth-order valence-electron chi connectivity index (χ4n) is 5.65.